The zero-order valence-electron chi connectivity index (χ0n) is 12.0. The molecule has 0 radical (unpaired) electrons. The largest absolute Gasteiger partial charge is 0.386 e. The Bertz CT molecular complexity index is 848. The molecule has 1 atom stereocenters. The lowest BCUT2D eigenvalue weighted by Crippen LogP contribution is -2.24. The molecule has 0 aliphatic heterocycles. The van der Waals surface area contributed by atoms with Gasteiger partial charge in [-0.15, -0.1) is 5.10 Å². The van der Waals surface area contributed by atoms with Crippen molar-refractivity contribution in [3.8, 4) is 0 Å². The number of aryl methyl sites for hydroxylation is 2. The minimum absolute atomic E-state index is 0.142. The number of pyridine rings is 1. The van der Waals surface area contributed by atoms with Gasteiger partial charge in [-0.25, -0.2) is 9.48 Å². The summed E-state index contributed by atoms with van der Waals surface area (Å²) in [6, 6.07) is 11.2. The highest BCUT2D eigenvalue weighted by Gasteiger charge is 2.13. The summed E-state index contributed by atoms with van der Waals surface area (Å²) >= 11 is 0. The van der Waals surface area contributed by atoms with E-state index < -0.39 is 6.10 Å². The van der Waals surface area contributed by atoms with Gasteiger partial charge in [0.25, 0.3) is 0 Å². The molecule has 0 spiro atoms. The maximum Gasteiger partial charge on any atom is 0.350 e. The van der Waals surface area contributed by atoms with Gasteiger partial charge in [-0.05, 0) is 42.7 Å². The molecule has 108 valence electrons. The molecule has 0 bridgehead atoms. The van der Waals surface area contributed by atoms with Crippen LogP contribution >= 0.6 is 0 Å². The van der Waals surface area contributed by atoms with Gasteiger partial charge in [-0.3, -0.25) is 4.40 Å². The van der Waals surface area contributed by atoms with Crippen molar-refractivity contribution in [2.24, 2.45) is 0 Å². The molecule has 3 rings (SSSR count). The van der Waals surface area contributed by atoms with E-state index in [-0.39, 0.29) is 12.2 Å². The highest BCUT2D eigenvalue weighted by atomic mass is 16.3. The van der Waals surface area contributed by atoms with Crippen LogP contribution in [0.1, 0.15) is 22.8 Å². The molecule has 0 fully saturated rings. The van der Waals surface area contributed by atoms with E-state index in [1.165, 1.54) is 14.6 Å². The van der Waals surface area contributed by atoms with E-state index in [4.69, 9.17) is 0 Å². The smallest absolute Gasteiger partial charge is 0.350 e. The fourth-order valence-electron chi connectivity index (χ4n) is 2.33. The predicted molar refractivity (Wildman–Crippen MR) is 80.3 cm³/mol. The topological polar surface area (TPSA) is 59.5 Å². The molecule has 21 heavy (non-hydrogen) atoms. The van der Waals surface area contributed by atoms with Gasteiger partial charge in [0.05, 0.1) is 12.6 Å². The number of benzene rings is 1. The minimum Gasteiger partial charge on any atom is -0.386 e. The minimum atomic E-state index is -0.757. The Morgan fingerprint density at radius 3 is 2.71 bits per heavy atom. The normalized spacial score (nSPS) is 12.7. The van der Waals surface area contributed by atoms with Crippen LogP contribution in [0.25, 0.3) is 5.65 Å². The van der Waals surface area contributed by atoms with E-state index in [9.17, 15) is 9.90 Å². The lowest BCUT2D eigenvalue weighted by Gasteiger charge is -2.12. The van der Waals surface area contributed by atoms with Crippen molar-refractivity contribution < 1.29 is 5.11 Å². The second-order valence-corrected chi connectivity index (χ2v) is 5.25. The first-order valence-electron chi connectivity index (χ1n) is 6.85. The van der Waals surface area contributed by atoms with E-state index in [1.807, 2.05) is 38.1 Å². The van der Waals surface area contributed by atoms with E-state index in [0.29, 0.717) is 5.65 Å². The molecule has 1 unspecified atom stereocenters. The van der Waals surface area contributed by atoms with E-state index in [2.05, 4.69) is 5.10 Å². The van der Waals surface area contributed by atoms with Gasteiger partial charge < -0.3 is 5.11 Å². The van der Waals surface area contributed by atoms with Crippen molar-refractivity contribution >= 4 is 5.65 Å². The molecule has 5 nitrogen and oxygen atoms in total. The molecule has 0 saturated heterocycles. The maximum absolute atomic E-state index is 12.2. The van der Waals surface area contributed by atoms with Gasteiger partial charge in [0.2, 0.25) is 0 Å². The molecule has 2 heterocycles. The van der Waals surface area contributed by atoms with Gasteiger partial charge in [0.1, 0.15) is 0 Å². The Kier molecular flexibility index (Phi) is 3.35. The highest BCUT2D eigenvalue weighted by molar-refractivity contribution is 5.35. The summed E-state index contributed by atoms with van der Waals surface area (Å²) in [6.07, 6.45) is 0.913. The number of rotatable bonds is 3. The Hall–Kier alpha value is -2.40. The van der Waals surface area contributed by atoms with Crippen molar-refractivity contribution in [1.82, 2.24) is 14.2 Å². The van der Waals surface area contributed by atoms with Gasteiger partial charge >= 0.3 is 5.69 Å². The van der Waals surface area contributed by atoms with Crippen molar-refractivity contribution in [2.75, 3.05) is 0 Å². The summed E-state index contributed by atoms with van der Waals surface area (Å²) < 4.78 is 2.77. The van der Waals surface area contributed by atoms with Crippen LogP contribution in [0, 0.1) is 13.8 Å². The molecule has 0 amide bonds. The number of aliphatic hydroxyl groups is 1. The van der Waals surface area contributed by atoms with Crippen molar-refractivity contribution in [2.45, 2.75) is 26.5 Å². The Labute approximate surface area is 122 Å². The monoisotopic (exact) mass is 283 g/mol. The first-order chi connectivity index (χ1) is 10.1. The number of hydrogen-bond acceptors (Lipinski definition) is 3. The molecule has 0 aliphatic carbocycles. The third kappa shape index (κ3) is 2.48. The zero-order valence-corrected chi connectivity index (χ0v) is 12.0. The first kappa shape index (κ1) is 13.6. The lowest BCUT2D eigenvalue weighted by atomic mass is 10.0. The molecular formula is C16H17N3O2. The standard InChI is InChI=1S/C16H17N3O2/c1-11-6-7-13(9-12(11)2)14(20)10-19-16(21)18-8-4-3-5-15(18)17-19/h3-9,14,20H,10H2,1-2H3. The van der Waals surface area contributed by atoms with Crippen LogP contribution in [0.2, 0.25) is 0 Å². The quantitative estimate of drug-likeness (QED) is 0.798. The molecule has 0 saturated carbocycles. The summed E-state index contributed by atoms with van der Waals surface area (Å²) in [6.45, 7) is 4.17. The fraction of sp³-hybridized carbons (Fsp3) is 0.250. The molecule has 0 aliphatic rings. The third-order valence-electron chi connectivity index (χ3n) is 3.75. The lowest BCUT2D eigenvalue weighted by molar-refractivity contribution is 0.150. The summed E-state index contributed by atoms with van der Waals surface area (Å²) in [5.41, 5.74) is 3.43. The summed E-state index contributed by atoms with van der Waals surface area (Å²) in [7, 11) is 0. The number of nitrogens with zero attached hydrogens (tertiary/aromatic N) is 3. The number of hydrogen-bond donors (Lipinski definition) is 1. The molecule has 1 aromatic carbocycles. The SMILES string of the molecule is Cc1ccc(C(O)Cn2nc3ccccn3c2=O)cc1C. The van der Waals surface area contributed by atoms with Crippen LogP contribution in [-0.4, -0.2) is 19.3 Å². The third-order valence-corrected chi connectivity index (χ3v) is 3.75. The number of aromatic nitrogens is 3. The van der Waals surface area contributed by atoms with E-state index in [0.717, 1.165) is 11.1 Å². The second kappa shape index (κ2) is 5.18. The number of fused-ring (bicyclic) bond motifs is 1. The molecule has 5 heteroatoms. The van der Waals surface area contributed by atoms with Crippen LogP contribution < -0.4 is 5.69 Å². The summed E-state index contributed by atoms with van der Waals surface area (Å²) in [5, 5.41) is 14.6. The van der Waals surface area contributed by atoms with Crippen LogP contribution in [0.3, 0.4) is 0 Å². The highest BCUT2D eigenvalue weighted by Crippen LogP contribution is 2.18. The van der Waals surface area contributed by atoms with Gasteiger partial charge in [0, 0.05) is 6.20 Å². The maximum atomic E-state index is 12.2. The van der Waals surface area contributed by atoms with E-state index in [1.54, 1.807) is 18.3 Å². The molecule has 1 N–H and O–H groups in total. The van der Waals surface area contributed by atoms with Gasteiger partial charge in [-0.2, -0.15) is 0 Å². The van der Waals surface area contributed by atoms with Gasteiger partial charge in [-0.1, -0.05) is 24.3 Å². The zero-order chi connectivity index (χ0) is 15.0. The summed E-state index contributed by atoms with van der Waals surface area (Å²) in [5.74, 6) is 0. The van der Waals surface area contributed by atoms with Crippen LogP contribution in [0.15, 0.2) is 47.4 Å². The van der Waals surface area contributed by atoms with Crippen molar-refractivity contribution in [1.29, 1.82) is 0 Å². The van der Waals surface area contributed by atoms with Crippen LogP contribution in [0.5, 0.6) is 0 Å². The average Bonchev–Trinajstić information content (AvgIpc) is 2.79. The van der Waals surface area contributed by atoms with Crippen molar-refractivity contribution in [3.63, 3.8) is 0 Å². The Morgan fingerprint density at radius 1 is 1.19 bits per heavy atom. The summed E-state index contributed by atoms with van der Waals surface area (Å²) in [4.78, 5) is 12.2. The predicted octanol–water partition coefficient (Wildman–Crippen LogP) is 1.85. The fourth-order valence-corrected chi connectivity index (χ4v) is 2.33. The second-order valence-electron chi connectivity index (χ2n) is 5.25. The van der Waals surface area contributed by atoms with Crippen LogP contribution in [0.4, 0.5) is 0 Å². The molecule has 3 aromatic rings. The van der Waals surface area contributed by atoms with Crippen molar-refractivity contribution in [3.05, 3.63) is 69.8 Å². The average molecular weight is 283 g/mol. The molecular weight excluding hydrogens is 266 g/mol. The van der Waals surface area contributed by atoms with E-state index >= 15 is 0 Å². The first-order valence-corrected chi connectivity index (χ1v) is 6.85. The Balaban J connectivity index is 1.92. The Morgan fingerprint density at radius 2 is 2.00 bits per heavy atom. The molecule has 2 aromatic heterocycles. The number of aliphatic hydroxyl groups excluding tert-OH is 1. The van der Waals surface area contributed by atoms with Crippen LogP contribution in [-0.2, 0) is 6.54 Å². The van der Waals surface area contributed by atoms with Gasteiger partial charge in [0.15, 0.2) is 5.65 Å².